The minimum absolute atomic E-state index is 0.889. The Hall–Kier alpha value is -7.50. The van der Waals surface area contributed by atoms with E-state index in [1.165, 1.54) is 62.8 Å². The van der Waals surface area contributed by atoms with E-state index in [-0.39, 0.29) is 0 Å². The zero-order valence-electron chi connectivity index (χ0n) is 33.8. The lowest BCUT2D eigenvalue weighted by Gasteiger charge is -2.35. The Kier molecular flexibility index (Phi) is 8.73. The van der Waals surface area contributed by atoms with Gasteiger partial charge in [0, 0.05) is 32.2 Å². The predicted molar refractivity (Wildman–Crippen MR) is 268 cm³/mol. The van der Waals surface area contributed by atoms with Crippen molar-refractivity contribution in [3.63, 3.8) is 0 Å². The predicted octanol–water partition coefficient (Wildman–Crippen LogP) is 13.6. The monoisotopic (exact) mass is 825 g/mol. The number of fused-ring (bicyclic) bond motifs is 8. The quantitative estimate of drug-likeness (QED) is 0.112. The maximum atomic E-state index is 6.87. The molecular formula is C58H39NOSSi. The van der Waals surface area contributed by atoms with Gasteiger partial charge in [0.15, 0.2) is 13.7 Å². The molecule has 0 unspecified atom stereocenters. The van der Waals surface area contributed by atoms with Crippen molar-refractivity contribution in [2.75, 3.05) is 4.90 Å². The Morgan fingerprint density at radius 2 is 0.903 bits per heavy atom. The molecule has 0 saturated carbocycles. The van der Waals surface area contributed by atoms with Crippen molar-refractivity contribution in [3.8, 4) is 11.1 Å². The van der Waals surface area contributed by atoms with E-state index in [2.05, 4.69) is 241 Å². The van der Waals surface area contributed by atoms with Crippen molar-refractivity contribution < 1.29 is 4.42 Å². The molecule has 0 bridgehead atoms. The van der Waals surface area contributed by atoms with Gasteiger partial charge >= 0.3 is 0 Å². The number of furan rings is 1. The molecule has 2 aromatic heterocycles. The second-order valence-electron chi connectivity index (χ2n) is 16.0. The number of benzene rings is 10. The molecule has 0 spiro atoms. The molecule has 10 aromatic carbocycles. The lowest BCUT2D eigenvalue weighted by atomic mass is 10.0. The van der Waals surface area contributed by atoms with Gasteiger partial charge in [0.25, 0.3) is 0 Å². The summed E-state index contributed by atoms with van der Waals surface area (Å²) in [4.78, 5) is 2.45. The average molecular weight is 826 g/mol. The Morgan fingerprint density at radius 1 is 0.387 bits per heavy atom. The highest BCUT2D eigenvalue weighted by Crippen LogP contribution is 2.49. The van der Waals surface area contributed by atoms with Gasteiger partial charge in [0.2, 0.25) is 0 Å². The van der Waals surface area contributed by atoms with E-state index in [9.17, 15) is 0 Å². The molecule has 0 fully saturated rings. The van der Waals surface area contributed by atoms with E-state index in [0.717, 1.165) is 39.0 Å². The van der Waals surface area contributed by atoms with Crippen LogP contribution in [0.2, 0.25) is 0 Å². The summed E-state index contributed by atoms with van der Waals surface area (Å²) in [6.07, 6.45) is 0. The van der Waals surface area contributed by atoms with Crippen LogP contribution in [0, 0.1) is 0 Å². The molecule has 0 amide bonds. The molecule has 12 rings (SSSR count). The van der Waals surface area contributed by atoms with Crippen LogP contribution in [0.3, 0.4) is 0 Å². The minimum atomic E-state index is -2.74. The van der Waals surface area contributed by atoms with Crippen molar-refractivity contribution in [3.05, 3.63) is 237 Å². The fourth-order valence-corrected chi connectivity index (χ4v) is 15.7. The fourth-order valence-electron chi connectivity index (χ4n) is 9.75. The van der Waals surface area contributed by atoms with Crippen LogP contribution < -0.4 is 25.6 Å². The molecule has 12 aromatic rings. The van der Waals surface area contributed by atoms with Gasteiger partial charge in [0.05, 0.1) is 15.8 Å². The third-order valence-corrected chi connectivity index (χ3v) is 18.6. The SMILES string of the molecule is c1ccc([Si](c2ccccc2)(c2ccccc2)c2ccc(N(c3ccc(-c4ccc5ccccc5c4)cc3)c3cc4c5ccccc5sc4c4oc5ccccc5c34)cc2)cc1. The second kappa shape index (κ2) is 14.9. The summed E-state index contributed by atoms with van der Waals surface area (Å²) in [6, 6.07) is 86.9. The first-order valence-electron chi connectivity index (χ1n) is 21.2. The van der Waals surface area contributed by atoms with Crippen LogP contribution in [0.5, 0.6) is 0 Å². The van der Waals surface area contributed by atoms with Crippen molar-refractivity contribution in [1.29, 1.82) is 0 Å². The summed E-state index contributed by atoms with van der Waals surface area (Å²) >= 11 is 1.81. The van der Waals surface area contributed by atoms with Crippen LogP contribution >= 0.6 is 11.3 Å². The van der Waals surface area contributed by atoms with E-state index in [1.807, 2.05) is 11.3 Å². The molecule has 0 radical (unpaired) electrons. The van der Waals surface area contributed by atoms with E-state index >= 15 is 0 Å². The molecule has 0 aliphatic rings. The van der Waals surface area contributed by atoms with Gasteiger partial charge in [-0.05, 0) is 91.2 Å². The first kappa shape index (κ1) is 36.4. The maximum Gasteiger partial charge on any atom is 0.179 e. The van der Waals surface area contributed by atoms with Crippen LogP contribution in [0.25, 0.3) is 64.0 Å². The number of rotatable bonds is 8. The Bertz CT molecular complexity index is 3460. The summed E-state index contributed by atoms with van der Waals surface area (Å²) in [5.74, 6) is 0. The number of nitrogens with zero attached hydrogens (tertiary/aromatic N) is 1. The maximum absolute atomic E-state index is 6.87. The molecule has 292 valence electrons. The molecule has 0 atom stereocenters. The van der Waals surface area contributed by atoms with Crippen LogP contribution in [-0.4, -0.2) is 8.07 Å². The van der Waals surface area contributed by atoms with Gasteiger partial charge in [0.1, 0.15) is 5.58 Å². The zero-order valence-corrected chi connectivity index (χ0v) is 35.6. The number of anilines is 3. The highest BCUT2D eigenvalue weighted by atomic mass is 32.1. The second-order valence-corrected chi connectivity index (χ2v) is 20.9. The van der Waals surface area contributed by atoms with Crippen molar-refractivity contribution >= 4 is 110 Å². The van der Waals surface area contributed by atoms with Gasteiger partial charge in [-0.25, -0.2) is 0 Å². The lowest BCUT2D eigenvalue weighted by Crippen LogP contribution is -2.74. The van der Waals surface area contributed by atoms with Crippen LogP contribution in [0.4, 0.5) is 17.1 Å². The average Bonchev–Trinajstić information content (AvgIpc) is 3.93. The first-order chi connectivity index (χ1) is 30.7. The zero-order chi connectivity index (χ0) is 41.0. The van der Waals surface area contributed by atoms with Gasteiger partial charge in [-0.2, -0.15) is 0 Å². The van der Waals surface area contributed by atoms with E-state index in [1.54, 1.807) is 0 Å². The van der Waals surface area contributed by atoms with Gasteiger partial charge in [-0.1, -0.05) is 188 Å². The number of hydrogen-bond acceptors (Lipinski definition) is 3. The van der Waals surface area contributed by atoms with Crippen LogP contribution in [0.15, 0.2) is 241 Å². The molecule has 0 N–H and O–H groups in total. The van der Waals surface area contributed by atoms with Gasteiger partial charge < -0.3 is 9.32 Å². The Morgan fingerprint density at radius 3 is 1.56 bits per heavy atom. The normalized spacial score (nSPS) is 11.9. The Labute approximate surface area is 365 Å². The van der Waals surface area contributed by atoms with E-state index in [4.69, 9.17) is 4.42 Å². The smallest absolute Gasteiger partial charge is 0.179 e. The minimum Gasteiger partial charge on any atom is -0.454 e. The van der Waals surface area contributed by atoms with Gasteiger partial charge in [-0.3, -0.25) is 0 Å². The van der Waals surface area contributed by atoms with E-state index in [0.29, 0.717) is 0 Å². The van der Waals surface area contributed by atoms with Crippen molar-refractivity contribution in [2.45, 2.75) is 0 Å². The summed E-state index contributed by atoms with van der Waals surface area (Å²) < 4.78 is 9.29. The summed E-state index contributed by atoms with van der Waals surface area (Å²) in [6.45, 7) is 0. The topological polar surface area (TPSA) is 16.4 Å². The summed E-state index contributed by atoms with van der Waals surface area (Å²) in [5, 5.41) is 12.5. The van der Waals surface area contributed by atoms with Crippen LogP contribution in [0.1, 0.15) is 0 Å². The number of thiophene rings is 1. The molecule has 0 aliphatic heterocycles. The third-order valence-electron chi connectivity index (χ3n) is 12.6. The molecular weight excluding hydrogens is 787 g/mol. The summed E-state index contributed by atoms with van der Waals surface area (Å²) in [7, 11) is -2.74. The largest absolute Gasteiger partial charge is 0.454 e. The third kappa shape index (κ3) is 5.83. The van der Waals surface area contributed by atoms with Gasteiger partial charge in [-0.15, -0.1) is 11.3 Å². The molecule has 2 nitrogen and oxygen atoms in total. The molecule has 62 heavy (non-hydrogen) atoms. The number of para-hydroxylation sites is 1. The summed E-state index contributed by atoms with van der Waals surface area (Å²) in [5.41, 5.74) is 7.44. The lowest BCUT2D eigenvalue weighted by molar-refractivity contribution is 0.673. The highest BCUT2D eigenvalue weighted by Gasteiger charge is 2.41. The number of hydrogen-bond donors (Lipinski definition) is 0. The van der Waals surface area contributed by atoms with Crippen molar-refractivity contribution in [2.24, 2.45) is 0 Å². The first-order valence-corrected chi connectivity index (χ1v) is 24.0. The highest BCUT2D eigenvalue weighted by molar-refractivity contribution is 7.26. The Balaban J connectivity index is 1.10. The fraction of sp³-hybridized carbons (Fsp3) is 0. The molecule has 0 saturated heterocycles. The molecule has 0 aliphatic carbocycles. The molecule has 2 heterocycles. The van der Waals surface area contributed by atoms with Crippen LogP contribution in [-0.2, 0) is 0 Å². The van der Waals surface area contributed by atoms with Crippen molar-refractivity contribution in [1.82, 2.24) is 0 Å². The standard InChI is InChI=1S/C58H39NOSSi/c1-4-18-46(19-5-1)62(47-20-6-2-7-21-47,48-22-8-3-9-23-48)49-36-34-45(35-37-49)59(44-32-30-41(31-33-44)43-29-28-40-16-10-11-17-42(40)38-43)53-39-52-50-24-13-15-27-55(50)61-58(52)57-56(53)51-25-12-14-26-54(51)60-57/h1-39H. The molecule has 4 heteroatoms. The van der Waals surface area contributed by atoms with E-state index < -0.39 is 8.07 Å².